The molecule has 3 N–H and O–H groups in total. The first-order valence-electron chi connectivity index (χ1n) is 5.75. The summed E-state index contributed by atoms with van der Waals surface area (Å²) in [4.78, 5) is 0. The summed E-state index contributed by atoms with van der Waals surface area (Å²) in [5, 5.41) is 3.38. The van der Waals surface area contributed by atoms with Crippen molar-refractivity contribution < 1.29 is 0 Å². The summed E-state index contributed by atoms with van der Waals surface area (Å²) in [5.41, 5.74) is 8.06. The molecule has 84 valence electrons. The topological polar surface area (TPSA) is 38.0 Å². The van der Waals surface area contributed by atoms with E-state index in [9.17, 15) is 0 Å². The number of rotatable bonds is 6. The maximum Gasteiger partial charge on any atom is 0.0342 e. The minimum atomic E-state index is 0.712. The number of benzene rings is 1. The van der Waals surface area contributed by atoms with Crippen LogP contribution < -0.4 is 11.1 Å². The molecule has 0 bridgehead atoms. The molecule has 0 unspecified atom stereocenters. The van der Waals surface area contributed by atoms with Crippen molar-refractivity contribution in [3.8, 4) is 0 Å². The van der Waals surface area contributed by atoms with Gasteiger partial charge in [-0.25, -0.2) is 0 Å². The van der Waals surface area contributed by atoms with Gasteiger partial charge in [0.15, 0.2) is 0 Å². The van der Waals surface area contributed by atoms with E-state index in [4.69, 9.17) is 5.73 Å². The summed E-state index contributed by atoms with van der Waals surface area (Å²) in [6.45, 7) is 6.20. The fraction of sp³-hybridized carbons (Fsp3) is 0.538. The Morgan fingerprint density at radius 2 is 2.13 bits per heavy atom. The zero-order valence-electron chi connectivity index (χ0n) is 9.79. The first-order valence-corrected chi connectivity index (χ1v) is 5.75. The second-order valence-electron chi connectivity index (χ2n) is 4.37. The summed E-state index contributed by atoms with van der Waals surface area (Å²) in [5.74, 6) is 0.712. The number of hydrogen-bond donors (Lipinski definition) is 2. The Bertz CT molecular complexity index is 282. The van der Waals surface area contributed by atoms with E-state index in [-0.39, 0.29) is 0 Å². The van der Waals surface area contributed by atoms with Gasteiger partial charge >= 0.3 is 0 Å². The number of nitrogens with one attached hydrogen (secondary N) is 1. The Labute approximate surface area is 92.9 Å². The molecule has 2 nitrogen and oxygen atoms in total. The highest BCUT2D eigenvalue weighted by molar-refractivity contribution is 5.45. The predicted octanol–water partition coefficient (Wildman–Crippen LogP) is 2.65. The molecule has 0 amide bonds. The number of hydrogen-bond acceptors (Lipinski definition) is 2. The van der Waals surface area contributed by atoms with Crippen molar-refractivity contribution in [2.75, 3.05) is 18.4 Å². The molecular formula is C13H22N2. The van der Waals surface area contributed by atoms with E-state index >= 15 is 0 Å². The highest BCUT2D eigenvalue weighted by atomic mass is 14.9. The molecule has 0 aromatic heterocycles. The van der Waals surface area contributed by atoms with E-state index < -0.39 is 0 Å². The van der Waals surface area contributed by atoms with Gasteiger partial charge in [-0.1, -0.05) is 26.0 Å². The first kappa shape index (κ1) is 12.1. The van der Waals surface area contributed by atoms with Crippen LogP contribution in [0, 0.1) is 5.92 Å². The molecule has 1 aromatic rings. The molecular weight excluding hydrogens is 184 g/mol. The van der Waals surface area contributed by atoms with E-state index in [0.29, 0.717) is 5.92 Å². The average molecular weight is 206 g/mol. The van der Waals surface area contributed by atoms with E-state index in [2.05, 4.69) is 43.4 Å². The molecule has 0 spiro atoms. The Balaban J connectivity index is 2.50. The molecule has 0 radical (unpaired) electrons. The minimum absolute atomic E-state index is 0.712. The van der Waals surface area contributed by atoms with Gasteiger partial charge in [0.2, 0.25) is 0 Å². The standard InChI is InChI=1S/C13H22N2/c1-11(2)9-12-5-3-6-13(10-12)15-8-4-7-14/h3,5-6,10-11,15H,4,7-9,14H2,1-2H3. The molecule has 15 heavy (non-hydrogen) atoms. The summed E-state index contributed by atoms with van der Waals surface area (Å²) < 4.78 is 0. The summed E-state index contributed by atoms with van der Waals surface area (Å²) in [6, 6.07) is 8.65. The second-order valence-corrected chi connectivity index (χ2v) is 4.37. The van der Waals surface area contributed by atoms with E-state index in [1.165, 1.54) is 11.3 Å². The van der Waals surface area contributed by atoms with Crippen molar-refractivity contribution in [1.82, 2.24) is 0 Å². The SMILES string of the molecule is CC(C)Cc1cccc(NCCCN)c1. The number of nitrogens with two attached hydrogens (primary N) is 1. The summed E-state index contributed by atoms with van der Waals surface area (Å²) in [7, 11) is 0. The normalized spacial score (nSPS) is 10.7. The lowest BCUT2D eigenvalue weighted by Gasteiger charge is -2.09. The van der Waals surface area contributed by atoms with Crippen LogP contribution >= 0.6 is 0 Å². The molecule has 1 rings (SSSR count). The van der Waals surface area contributed by atoms with Crippen molar-refractivity contribution in [3.05, 3.63) is 29.8 Å². The van der Waals surface area contributed by atoms with E-state index in [1.54, 1.807) is 0 Å². The van der Waals surface area contributed by atoms with E-state index in [0.717, 1.165) is 25.9 Å². The molecule has 1 aromatic carbocycles. The van der Waals surface area contributed by atoms with Gasteiger partial charge in [0.05, 0.1) is 0 Å². The Morgan fingerprint density at radius 3 is 2.80 bits per heavy atom. The molecule has 0 aliphatic carbocycles. The van der Waals surface area contributed by atoms with Crippen molar-refractivity contribution in [2.24, 2.45) is 11.7 Å². The lowest BCUT2D eigenvalue weighted by Crippen LogP contribution is -2.08. The fourth-order valence-corrected chi connectivity index (χ4v) is 1.61. The Hall–Kier alpha value is -1.02. The van der Waals surface area contributed by atoms with Gasteiger partial charge in [-0.15, -0.1) is 0 Å². The lowest BCUT2D eigenvalue weighted by molar-refractivity contribution is 0.647. The molecule has 2 heteroatoms. The third-order valence-corrected chi connectivity index (χ3v) is 2.28. The van der Waals surface area contributed by atoms with Crippen LogP contribution in [0.3, 0.4) is 0 Å². The molecule has 0 aliphatic rings. The molecule has 0 heterocycles. The zero-order valence-corrected chi connectivity index (χ0v) is 9.79. The predicted molar refractivity (Wildman–Crippen MR) is 67.1 cm³/mol. The third-order valence-electron chi connectivity index (χ3n) is 2.28. The first-order chi connectivity index (χ1) is 7.22. The third kappa shape index (κ3) is 4.84. The average Bonchev–Trinajstić information content (AvgIpc) is 2.18. The van der Waals surface area contributed by atoms with Gasteiger partial charge in [-0.2, -0.15) is 0 Å². The molecule has 0 atom stereocenters. The van der Waals surface area contributed by atoms with Crippen molar-refractivity contribution in [2.45, 2.75) is 26.7 Å². The Kier molecular flexibility index (Phi) is 5.19. The van der Waals surface area contributed by atoms with Crippen LogP contribution in [0.4, 0.5) is 5.69 Å². The van der Waals surface area contributed by atoms with Crippen LogP contribution in [0.25, 0.3) is 0 Å². The van der Waals surface area contributed by atoms with Gasteiger partial charge in [-0.3, -0.25) is 0 Å². The highest BCUT2D eigenvalue weighted by Crippen LogP contribution is 2.14. The van der Waals surface area contributed by atoms with Gasteiger partial charge in [0, 0.05) is 12.2 Å². The molecule has 0 fully saturated rings. The lowest BCUT2D eigenvalue weighted by atomic mass is 10.0. The van der Waals surface area contributed by atoms with Gasteiger partial charge in [0.25, 0.3) is 0 Å². The van der Waals surface area contributed by atoms with E-state index in [1.807, 2.05) is 0 Å². The Morgan fingerprint density at radius 1 is 1.33 bits per heavy atom. The largest absolute Gasteiger partial charge is 0.385 e. The zero-order chi connectivity index (χ0) is 11.1. The quantitative estimate of drug-likeness (QED) is 0.702. The van der Waals surface area contributed by atoms with Crippen LogP contribution in [0.2, 0.25) is 0 Å². The van der Waals surface area contributed by atoms with Crippen LogP contribution in [0.1, 0.15) is 25.8 Å². The number of anilines is 1. The van der Waals surface area contributed by atoms with Gasteiger partial charge in [0.1, 0.15) is 0 Å². The van der Waals surface area contributed by atoms with Crippen molar-refractivity contribution >= 4 is 5.69 Å². The maximum atomic E-state index is 5.45. The monoisotopic (exact) mass is 206 g/mol. The van der Waals surface area contributed by atoms with Crippen molar-refractivity contribution in [1.29, 1.82) is 0 Å². The van der Waals surface area contributed by atoms with Gasteiger partial charge in [-0.05, 0) is 43.0 Å². The summed E-state index contributed by atoms with van der Waals surface area (Å²) in [6.07, 6.45) is 2.17. The molecule has 0 aliphatic heterocycles. The van der Waals surface area contributed by atoms with Crippen LogP contribution in [-0.4, -0.2) is 13.1 Å². The highest BCUT2D eigenvalue weighted by Gasteiger charge is 1.98. The summed E-state index contributed by atoms with van der Waals surface area (Å²) >= 11 is 0. The van der Waals surface area contributed by atoms with Crippen LogP contribution in [0.5, 0.6) is 0 Å². The van der Waals surface area contributed by atoms with Gasteiger partial charge < -0.3 is 11.1 Å². The second kappa shape index (κ2) is 6.46. The molecule has 0 saturated heterocycles. The van der Waals surface area contributed by atoms with Crippen LogP contribution in [0.15, 0.2) is 24.3 Å². The smallest absolute Gasteiger partial charge is 0.0342 e. The van der Waals surface area contributed by atoms with Crippen LogP contribution in [-0.2, 0) is 6.42 Å². The molecule has 0 saturated carbocycles. The fourth-order valence-electron chi connectivity index (χ4n) is 1.61. The van der Waals surface area contributed by atoms with Crippen molar-refractivity contribution in [3.63, 3.8) is 0 Å². The maximum absolute atomic E-state index is 5.45. The minimum Gasteiger partial charge on any atom is -0.385 e.